The van der Waals surface area contributed by atoms with Gasteiger partial charge < -0.3 is 19.2 Å². The van der Waals surface area contributed by atoms with E-state index in [0.29, 0.717) is 19.2 Å². The Morgan fingerprint density at radius 1 is 1.56 bits per heavy atom. The number of nitrogens with one attached hydrogen (secondary N) is 1. The molecule has 1 aliphatic heterocycles. The summed E-state index contributed by atoms with van der Waals surface area (Å²) in [6.07, 6.45) is 1.23. The molecule has 0 amide bonds. The van der Waals surface area contributed by atoms with Crippen LogP contribution in [0.1, 0.15) is 36.6 Å². The third-order valence-corrected chi connectivity index (χ3v) is 3.05. The zero-order valence-electron chi connectivity index (χ0n) is 10.8. The van der Waals surface area contributed by atoms with Gasteiger partial charge in [0, 0.05) is 12.6 Å². The van der Waals surface area contributed by atoms with E-state index in [9.17, 15) is 4.79 Å². The maximum Gasteiger partial charge on any atom is 0.374 e. The monoisotopic (exact) mass is 253 g/mol. The largest absolute Gasteiger partial charge is 0.460 e. The van der Waals surface area contributed by atoms with Crippen molar-refractivity contribution in [2.75, 3.05) is 13.2 Å². The number of esters is 1. The predicted octanol–water partition coefficient (Wildman–Crippen LogP) is 1.72. The third kappa shape index (κ3) is 3.11. The lowest BCUT2D eigenvalue weighted by molar-refractivity contribution is 0.0487. The zero-order valence-corrected chi connectivity index (χ0v) is 10.8. The van der Waals surface area contributed by atoms with Crippen LogP contribution in [0.4, 0.5) is 0 Å². The van der Waals surface area contributed by atoms with Crippen LogP contribution in [0.15, 0.2) is 16.5 Å². The fraction of sp³-hybridized carbons (Fsp3) is 0.615. The first-order valence-electron chi connectivity index (χ1n) is 6.31. The van der Waals surface area contributed by atoms with Crippen molar-refractivity contribution in [2.45, 2.75) is 39.0 Å². The van der Waals surface area contributed by atoms with E-state index < -0.39 is 5.97 Å². The molecule has 1 fully saturated rings. The second-order valence-corrected chi connectivity index (χ2v) is 4.34. The average Bonchev–Trinajstić information content (AvgIpc) is 2.96. The fourth-order valence-corrected chi connectivity index (χ4v) is 2.02. The summed E-state index contributed by atoms with van der Waals surface area (Å²) in [6, 6.07) is 3.78. The molecular weight excluding hydrogens is 234 g/mol. The Bertz CT molecular complexity index is 401. The lowest BCUT2D eigenvalue weighted by atomic mass is 10.1. The van der Waals surface area contributed by atoms with Crippen molar-refractivity contribution >= 4 is 5.97 Å². The van der Waals surface area contributed by atoms with E-state index in [1.807, 2.05) is 0 Å². The van der Waals surface area contributed by atoms with E-state index in [1.165, 1.54) is 0 Å². The van der Waals surface area contributed by atoms with Gasteiger partial charge in [0.25, 0.3) is 0 Å². The van der Waals surface area contributed by atoms with E-state index in [-0.39, 0.29) is 11.9 Å². The van der Waals surface area contributed by atoms with Crippen LogP contribution in [0.3, 0.4) is 0 Å². The molecule has 5 heteroatoms. The molecule has 1 aromatic rings. The maximum absolute atomic E-state index is 11.4. The number of ether oxygens (including phenoxy) is 2. The van der Waals surface area contributed by atoms with E-state index >= 15 is 0 Å². The van der Waals surface area contributed by atoms with Gasteiger partial charge in [0.1, 0.15) is 5.76 Å². The number of carbonyl (C=O) groups excluding carboxylic acids is 1. The highest BCUT2D eigenvalue weighted by atomic mass is 16.5. The average molecular weight is 253 g/mol. The van der Waals surface area contributed by atoms with Gasteiger partial charge in [-0.15, -0.1) is 0 Å². The Hall–Kier alpha value is -1.33. The number of hydrogen-bond acceptors (Lipinski definition) is 5. The molecule has 0 saturated carbocycles. The minimum Gasteiger partial charge on any atom is -0.460 e. The maximum atomic E-state index is 11.4. The van der Waals surface area contributed by atoms with Crippen molar-refractivity contribution in [3.05, 3.63) is 23.7 Å². The van der Waals surface area contributed by atoms with E-state index in [0.717, 1.165) is 18.8 Å². The summed E-state index contributed by atoms with van der Waals surface area (Å²) in [6.45, 7) is 5.56. The van der Waals surface area contributed by atoms with Crippen molar-refractivity contribution < 1.29 is 18.7 Å². The van der Waals surface area contributed by atoms with Crippen LogP contribution in [0.2, 0.25) is 0 Å². The van der Waals surface area contributed by atoms with E-state index in [4.69, 9.17) is 13.9 Å². The van der Waals surface area contributed by atoms with Crippen LogP contribution in [0, 0.1) is 0 Å². The summed E-state index contributed by atoms with van der Waals surface area (Å²) in [4.78, 5) is 11.4. The fourth-order valence-electron chi connectivity index (χ4n) is 2.02. The smallest absolute Gasteiger partial charge is 0.374 e. The summed E-state index contributed by atoms with van der Waals surface area (Å²) in [5, 5.41) is 3.36. The van der Waals surface area contributed by atoms with E-state index in [1.54, 1.807) is 19.1 Å². The first-order valence-corrected chi connectivity index (χ1v) is 6.31. The summed E-state index contributed by atoms with van der Waals surface area (Å²) in [5.41, 5.74) is 0. The summed E-state index contributed by atoms with van der Waals surface area (Å²) < 4.78 is 15.7. The predicted molar refractivity (Wildman–Crippen MR) is 65.3 cm³/mol. The van der Waals surface area contributed by atoms with Gasteiger partial charge in [-0.2, -0.15) is 0 Å². The number of carbonyl (C=O) groups is 1. The van der Waals surface area contributed by atoms with Gasteiger partial charge in [-0.05, 0) is 32.4 Å². The molecule has 1 aromatic heterocycles. The van der Waals surface area contributed by atoms with Crippen molar-refractivity contribution in [3.8, 4) is 0 Å². The van der Waals surface area contributed by atoms with Crippen LogP contribution in [0.5, 0.6) is 0 Å². The first-order chi connectivity index (χ1) is 8.70. The molecule has 0 aromatic carbocycles. The molecule has 1 aliphatic rings. The van der Waals surface area contributed by atoms with Crippen molar-refractivity contribution in [2.24, 2.45) is 0 Å². The van der Waals surface area contributed by atoms with Crippen LogP contribution < -0.4 is 5.32 Å². The van der Waals surface area contributed by atoms with Gasteiger partial charge in [-0.3, -0.25) is 0 Å². The second-order valence-electron chi connectivity index (χ2n) is 4.34. The van der Waals surface area contributed by atoms with E-state index in [2.05, 4.69) is 12.2 Å². The van der Waals surface area contributed by atoms with Gasteiger partial charge >= 0.3 is 5.97 Å². The third-order valence-electron chi connectivity index (χ3n) is 3.05. The highest BCUT2D eigenvalue weighted by molar-refractivity contribution is 5.86. The van der Waals surface area contributed by atoms with Crippen LogP contribution >= 0.6 is 0 Å². The molecule has 2 atom stereocenters. The lowest BCUT2D eigenvalue weighted by Gasteiger charge is -2.14. The number of hydrogen-bond donors (Lipinski definition) is 1. The second kappa shape index (κ2) is 6.02. The molecule has 0 radical (unpaired) electrons. The molecule has 0 bridgehead atoms. The normalized spacial score (nSPS) is 23.2. The summed E-state index contributed by atoms with van der Waals surface area (Å²) in [5.74, 6) is 0.572. The highest BCUT2D eigenvalue weighted by Gasteiger charge is 2.23. The minimum atomic E-state index is -0.415. The summed E-state index contributed by atoms with van der Waals surface area (Å²) in [7, 11) is 0. The Kier molecular flexibility index (Phi) is 4.38. The van der Waals surface area contributed by atoms with Gasteiger partial charge in [-0.25, -0.2) is 4.79 Å². The Labute approximate surface area is 106 Å². The molecule has 100 valence electrons. The van der Waals surface area contributed by atoms with Crippen molar-refractivity contribution in [3.63, 3.8) is 0 Å². The lowest BCUT2D eigenvalue weighted by Crippen LogP contribution is -2.33. The molecule has 0 unspecified atom stereocenters. The standard InChI is InChI=1S/C13H19NO4/c1-3-16-13(15)12-5-4-10(18-12)8-14-11-6-7-17-9(11)2/h4-5,9,11,14H,3,6-8H2,1-2H3/t9-,11-/m1/s1. The molecule has 0 aliphatic carbocycles. The Morgan fingerprint density at radius 3 is 3.06 bits per heavy atom. The minimum absolute atomic E-state index is 0.226. The molecular formula is C13H19NO4. The van der Waals surface area contributed by atoms with Gasteiger partial charge in [-0.1, -0.05) is 0 Å². The molecule has 1 saturated heterocycles. The molecule has 0 spiro atoms. The van der Waals surface area contributed by atoms with Crippen LogP contribution in [-0.2, 0) is 16.0 Å². The molecule has 5 nitrogen and oxygen atoms in total. The van der Waals surface area contributed by atoms with Crippen LogP contribution in [-0.4, -0.2) is 31.3 Å². The van der Waals surface area contributed by atoms with Crippen LogP contribution in [0.25, 0.3) is 0 Å². The number of rotatable bonds is 5. The van der Waals surface area contributed by atoms with Gasteiger partial charge in [0.05, 0.1) is 19.3 Å². The Morgan fingerprint density at radius 2 is 2.39 bits per heavy atom. The summed E-state index contributed by atoms with van der Waals surface area (Å²) >= 11 is 0. The molecule has 2 rings (SSSR count). The van der Waals surface area contributed by atoms with Gasteiger partial charge in [0.2, 0.25) is 5.76 Å². The van der Waals surface area contributed by atoms with Gasteiger partial charge in [0.15, 0.2) is 0 Å². The van der Waals surface area contributed by atoms with Crippen molar-refractivity contribution in [1.29, 1.82) is 0 Å². The molecule has 18 heavy (non-hydrogen) atoms. The quantitative estimate of drug-likeness (QED) is 0.810. The SMILES string of the molecule is CCOC(=O)c1ccc(CN[C@@H]2CCO[C@@H]2C)o1. The topological polar surface area (TPSA) is 60.7 Å². The zero-order chi connectivity index (χ0) is 13.0. The molecule has 2 heterocycles. The Balaban J connectivity index is 1.85. The van der Waals surface area contributed by atoms with Crippen molar-refractivity contribution in [1.82, 2.24) is 5.32 Å². The highest BCUT2D eigenvalue weighted by Crippen LogP contribution is 2.14. The number of furan rings is 1. The molecule has 1 N–H and O–H groups in total. The first kappa shape index (κ1) is 13.1.